The normalized spacial score (nSPS) is 11.9. The molecule has 0 aliphatic heterocycles. The summed E-state index contributed by atoms with van der Waals surface area (Å²) in [7, 11) is 1.46. The number of rotatable bonds is 4. The fourth-order valence-corrected chi connectivity index (χ4v) is 3.22. The van der Waals surface area contributed by atoms with Crippen molar-refractivity contribution in [3.05, 3.63) is 82.9 Å². The van der Waals surface area contributed by atoms with Crippen molar-refractivity contribution in [1.82, 2.24) is 0 Å². The van der Waals surface area contributed by atoms with Crippen LogP contribution in [-0.2, 0) is 12.4 Å². The van der Waals surface area contributed by atoms with Crippen LogP contribution in [0.4, 0.5) is 32.0 Å². The highest BCUT2D eigenvalue weighted by atomic mass is 19.4. The van der Waals surface area contributed by atoms with E-state index in [1.54, 1.807) is 25.1 Å². The van der Waals surface area contributed by atoms with Gasteiger partial charge in [0.1, 0.15) is 5.75 Å². The van der Waals surface area contributed by atoms with Crippen molar-refractivity contribution in [3.8, 4) is 16.9 Å². The van der Waals surface area contributed by atoms with Gasteiger partial charge in [0, 0.05) is 16.8 Å². The first-order valence-electron chi connectivity index (χ1n) is 9.25. The van der Waals surface area contributed by atoms with Crippen molar-refractivity contribution in [3.63, 3.8) is 0 Å². The third-order valence-corrected chi connectivity index (χ3v) is 4.85. The van der Waals surface area contributed by atoms with Crippen molar-refractivity contribution in [2.24, 2.45) is 0 Å². The van der Waals surface area contributed by atoms with Crippen LogP contribution >= 0.6 is 0 Å². The minimum absolute atomic E-state index is 0.0704. The Morgan fingerprint density at radius 3 is 2.09 bits per heavy atom. The van der Waals surface area contributed by atoms with E-state index >= 15 is 0 Å². The Bertz CT molecular complexity index is 1130. The molecular weight excluding hydrogens is 436 g/mol. The minimum atomic E-state index is -4.84. The van der Waals surface area contributed by atoms with Gasteiger partial charge in [-0.05, 0) is 60.5 Å². The monoisotopic (exact) mass is 453 g/mol. The summed E-state index contributed by atoms with van der Waals surface area (Å²) in [6.45, 7) is 1.70. The van der Waals surface area contributed by atoms with Gasteiger partial charge in [0.15, 0.2) is 0 Å². The van der Waals surface area contributed by atoms with Gasteiger partial charge in [0.05, 0.1) is 18.2 Å². The average Bonchev–Trinajstić information content (AvgIpc) is 2.72. The molecule has 9 heteroatoms. The number of halogens is 6. The number of ether oxygens (including phenoxy) is 1. The number of carbonyl (C=O) groups is 1. The van der Waals surface area contributed by atoms with Gasteiger partial charge in [-0.2, -0.15) is 26.3 Å². The predicted octanol–water partition coefficient (Wildman–Crippen LogP) is 6.96. The van der Waals surface area contributed by atoms with Crippen molar-refractivity contribution in [2.75, 3.05) is 12.4 Å². The third kappa shape index (κ3) is 4.87. The zero-order chi connectivity index (χ0) is 23.7. The van der Waals surface area contributed by atoms with E-state index in [0.29, 0.717) is 35.1 Å². The Hall–Kier alpha value is -3.49. The molecule has 0 heterocycles. The Kier molecular flexibility index (Phi) is 6.20. The van der Waals surface area contributed by atoms with Crippen molar-refractivity contribution < 1.29 is 35.9 Å². The summed E-state index contributed by atoms with van der Waals surface area (Å²) in [5.74, 6) is 0.0430. The predicted molar refractivity (Wildman–Crippen MR) is 108 cm³/mol. The summed E-state index contributed by atoms with van der Waals surface area (Å²) in [5.41, 5.74) is -1.84. The molecule has 0 unspecified atom stereocenters. The molecule has 0 fully saturated rings. The standard InChI is InChI=1S/C23H17F6NO2/c1-13-17(4-3-5-20(13)32-2)21(31)30-16-9-6-14(7-10-16)18-12-15(22(24,25)26)8-11-19(18)23(27,28)29/h3-12H,1-2H3,(H,30,31). The first kappa shape index (κ1) is 23.2. The Morgan fingerprint density at radius 1 is 0.875 bits per heavy atom. The Morgan fingerprint density at radius 2 is 1.53 bits per heavy atom. The number of carbonyl (C=O) groups excluding carboxylic acids is 1. The fourth-order valence-electron chi connectivity index (χ4n) is 3.22. The van der Waals surface area contributed by atoms with Gasteiger partial charge in [0.2, 0.25) is 0 Å². The molecule has 0 radical (unpaired) electrons. The smallest absolute Gasteiger partial charge is 0.417 e. The van der Waals surface area contributed by atoms with Gasteiger partial charge in [-0.3, -0.25) is 4.79 Å². The molecule has 0 aliphatic rings. The highest BCUT2D eigenvalue weighted by Gasteiger charge is 2.37. The maximum Gasteiger partial charge on any atom is 0.417 e. The van der Waals surface area contributed by atoms with Gasteiger partial charge in [-0.1, -0.05) is 18.2 Å². The van der Waals surface area contributed by atoms with Gasteiger partial charge in [0.25, 0.3) is 5.91 Å². The largest absolute Gasteiger partial charge is 0.496 e. The zero-order valence-corrected chi connectivity index (χ0v) is 16.9. The molecule has 0 aliphatic carbocycles. The van der Waals surface area contributed by atoms with E-state index in [-0.39, 0.29) is 11.3 Å². The lowest BCUT2D eigenvalue weighted by Gasteiger charge is -2.16. The molecule has 0 saturated carbocycles. The molecule has 168 valence electrons. The second-order valence-electron chi connectivity index (χ2n) is 6.92. The van der Waals surface area contributed by atoms with Crippen molar-refractivity contribution >= 4 is 11.6 Å². The van der Waals surface area contributed by atoms with Crippen LogP contribution in [0.2, 0.25) is 0 Å². The van der Waals surface area contributed by atoms with E-state index in [4.69, 9.17) is 4.74 Å². The van der Waals surface area contributed by atoms with Crippen molar-refractivity contribution in [2.45, 2.75) is 19.3 Å². The molecule has 0 spiro atoms. The zero-order valence-electron chi connectivity index (χ0n) is 16.9. The summed E-state index contributed by atoms with van der Waals surface area (Å²) in [4.78, 5) is 12.6. The van der Waals surface area contributed by atoms with E-state index < -0.39 is 35.0 Å². The number of hydrogen-bond acceptors (Lipinski definition) is 2. The van der Waals surface area contributed by atoms with Crippen molar-refractivity contribution in [1.29, 1.82) is 0 Å². The Labute approximate surface area is 179 Å². The van der Waals surface area contributed by atoms with Crippen LogP contribution in [-0.4, -0.2) is 13.0 Å². The van der Waals surface area contributed by atoms with Crippen LogP contribution in [0.25, 0.3) is 11.1 Å². The van der Waals surface area contributed by atoms with E-state index in [9.17, 15) is 31.1 Å². The average molecular weight is 453 g/mol. The van der Waals surface area contributed by atoms with Gasteiger partial charge in [-0.15, -0.1) is 0 Å². The van der Waals surface area contributed by atoms with Crippen LogP contribution in [0.15, 0.2) is 60.7 Å². The molecule has 0 saturated heterocycles. The number of benzene rings is 3. The summed E-state index contributed by atoms with van der Waals surface area (Å²) in [5, 5.41) is 2.61. The first-order valence-corrected chi connectivity index (χ1v) is 9.25. The quantitative estimate of drug-likeness (QED) is 0.434. The topological polar surface area (TPSA) is 38.3 Å². The van der Waals surface area contributed by atoms with Gasteiger partial charge < -0.3 is 10.1 Å². The molecule has 3 nitrogen and oxygen atoms in total. The number of nitrogens with one attached hydrogen (secondary N) is 1. The number of hydrogen-bond donors (Lipinski definition) is 1. The second-order valence-corrected chi connectivity index (χ2v) is 6.92. The van der Waals surface area contributed by atoms with Crippen LogP contribution in [0, 0.1) is 6.92 Å². The number of alkyl halides is 6. The molecule has 3 aromatic rings. The number of methoxy groups -OCH3 is 1. The van der Waals surface area contributed by atoms with E-state index in [0.717, 1.165) is 0 Å². The third-order valence-electron chi connectivity index (χ3n) is 4.85. The van der Waals surface area contributed by atoms with Crippen LogP contribution < -0.4 is 10.1 Å². The Balaban J connectivity index is 1.93. The van der Waals surface area contributed by atoms with Gasteiger partial charge >= 0.3 is 12.4 Å². The number of amides is 1. The maximum absolute atomic E-state index is 13.4. The second kappa shape index (κ2) is 8.57. The summed E-state index contributed by atoms with van der Waals surface area (Å²) in [6.07, 6.45) is -9.63. The minimum Gasteiger partial charge on any atom is -0.496 e. The molecule has 32 heavy (non-hydrogen) atoms. The van der Waals surface area contributed by atoms with E-state index in [1.807, 2.05) is 0 Å². The maximum atomic E-state index is 13.4. The number of anilines is 1. The summed E-state index contributed by atoms with van der Waals surface area (Å²) < 4.78 is 84.3. The highest BCUT2D eigenvalue weighted by molar-refractivity contribution is 6.05. The molecular formula is C23H17F6NO2. The molecule has 1 amide bonds. The lowest BCUT2D eigenvalue weighted by atomic mass is 9.96. The lowest BCUT2D eigenvalue weighted by molar-refractivity contribution is -0.141. The SMILES string of the molecule is COc1cccc(C(=O)Nc2ccc(-c3cc(C(F)(F)F)ccc3C(F)(F)F)cc2)c1C. The molecule has 3 aromatic carbocycles. The van der Waals surface area contributed by atoms with E-state index in [2.05, 4.69) is 5.32 Å². The van der Waals surface area contributed by atoms with Crippen LogP contribution in [0.5, 0.6) is 5.75 Å². The van der Waals surface area contributed by atoms with E-state index in [1.165, 1.54) is 31.4 Å². The highest BCUT2D eigenvalue weighted by Crippen LogP contribution is 2.40. The van der Waals surface area contributed by atoms with Crippen LogP contribution in [0.1, 0.15) is 27.0 Å². The summed E-state index contributed by atoms with van der Waals surface area (Å²) >= 11 is 0. The molecule has 3 rings (SSSR count). The molecule has 1 N–H and O–H groups in total. The summed E-state index contributed by atoms with van der Waals surface area (Å²) in [6, 6.07) is 11.3. The molecule has 0 atom stereocenters. The molecule has 0 aromatic heterocycles. The van der Waals surface area contributed by atoms with Gasteiger partial charge in [-0.25, -0.2) is 0 Å². The lowest BCUT2D eigenvalue weighted by Crippen LogP contribution is -2.14. The first-order chi connectivity index (χ1) is 14.9. The van der Waals surface area contributed by atoms with Crippen LogP contribution in [0.3, 0.4) is 0 Å². The molecule has 0 bridgehead atoms. The fraction of sp³-hybridized carbons (Fsp3) is 0.174.